The molecule has 3 nitrogen and oxygen atoms in total. The Hall–Kier alpha value is -0.120. The summed E-state index contributed by atoms with van der Waals surface area (Å²) in [5, 5.41) is 3.56. The predicted molar refractivity (Wildman–Crippen MR) is 78.0 cm³/mol. The molecule has 0 aromatic heterocycles. The largest absolute Gasteiger partial charge is 0.313 e. The van der Waals surface area contributed by atoms with Crippen LogP contribution >= 0.6 is 0 Å². The zero-order chi connectivity index (χ0) is 13.0. The Kier molecular flexibility index (Phi) is 5.46. The van der Waals surface area contributed by atoms with E-state index in [0.717, 1.165) is 12.6 Å². The maximum Gasteiger partial charge on any atom is 0.0235 e. The lowest BCUT2D eigenvalue weighted by Crippen LogP contribution is -2.44. The van der Waals surface area contributed by atoms with Crippen molar-refractivity contribution in [3.05, 3.63) is 0 Å². The summed E-state index contributed by atoms with van der Waals surface area (Å²) in [6, 6.07) is 2.13. The molecule has 2 saturated heterocycles. The molecule has 1 N–H and O–H groups in total. The summed E-state index contributed by atoms with van der Waals surface area (Å²) >= 11 is 0. The van der Waals surface area contributed by atoms with E-state index in [2.05, 4.69) is 35.9 Å². The smallest absolute Gasteiger partial charge is 0.0235 e. The molecule has 2 atom stereocenters. The molecule has 3 heteroatoms. The van der Waals surface area contributed by atoms with Crippen molar-refractivity contribution in [3.8, 4) is 0 Å². The van der Waals surface area contributed by atoms with Crippen LogP contribution in [0.4, 0.5) is 0 Å². The van der Waals surface area contributed by atoms with Gasteiger partial charge in [0.15, 0.2) is 0 Å². The third kappa shape index (κ3) is 3.94. The first-order chi connectivity index (χ1) is 8.66. The Morgan fingerprint density at radius 1 is 1.06 bits per heavy atom. The van der Waals surface area contributed by atoms with Gasteiger partial charge in [-0.05, 0) is 39.3 Å². The average Bonchev–Trinajstić information content (AvgIpc) is 2.86. The van der Waals surface area contributed by atoms with E-state index in [9.17, 15) is 0 Å². The van der Waals surface area contributed by atoms with E-state index in [0.29, 0.717) is 12.1 Å². The van der Waals surface area contributed by atoms with Gasteiger partial charge in [0.1, 0.15) is 0 Å². The highest BCUT2D eigenvalue weighted by molar-refractivity contribution is 4.87. The number of nitrogens with one attached hydrogen (secondary N) is 1. The van der Waals surface area contributed by atoms with Crippen molar-refractivity contribution in [1.82, 2.24) is 15.1 Å². The number of nitrogens with zero attached hydrogens (tertiary/aromatic N) is 2. The monoisotopic (exact) mass is 253 g/mol. The van der Waals surface area contributed by atoms with Gasteiger partial charge < -0.3 is 5.32 Å². The van der Waals surface area contributed by atoms with Gasteiger partial charge >= 0.3 is 0 Å². The van der Waals surface area contributed by atoms with Gasteiger partial charge in [-0.1, -0.05) is 20.3 Å². The summed E-state index contributed by atoms with van der Waals surface area (Å²) in [5.74, 6) is 0. The molecule has 106 valence electrons. The van der Waals surface area contributed by atoms with Crippen LogP contribution in [0.15, 0.2) is 0 Å². The quantitative estimate of drug-likeness (QED) is 0.808. The molecule has 0 saturated carbocycles. The second-order valence-corrected chi connectivity index (χ2v) is 6.45. The molecule has 0 bridgehead atoms. The van der Waals surface area contributed by atoms with Crippen LogP contribution in [0, 0.1) is 0 Å². The van der Waals surface area contributed by atoms with Crippen molar-refractivity contribution in [2.24, 2.45) is 0 Å². The molecular formula is C15H31N3. The summed E-state index contributed by atoms with van der Waals surface area (Å²) in [6.45, 7) is 13.2. The fourth-order valence-electron chi connectivity index (χ4n) is 3.29. The highest BCUT2D eigenvalue weighted by Gasteiger charge is 2.30. The van der Waals surface area contributed by atoms with Crippen LogP contribution < -0.4 is 5.32 Å². The molecule has 18 heavy (non-hydrogen) atoms. The fraction of sp³-hybridized carbons (Fsp3) is 1.00. The normalized spacial score (nSPS) is 29.0. The molecule has 0 aliphatic carbocycles. The maximum atomic E-state index is 3.56. The van der Waals surface area contributed by atoms with E-state index in [1.54, 1.807) is 0 Å². The topological polar surface area (TPSA) is 18.5 Å². The SMILES string of the molecule is CC(C)NCC(C)N1CCC(N2CCCCC2)C1. The van der Waals surface area contributed by atoms with Gasteiger partial charge in [-0.2, -0.15) is 0 Å². The van der Waals surface area contributed by atoms with Gasteiger partial charge in [0.2, 0.25) is 0 Å². The number of rotatable bonds is 5. The summed E-state index contributed by atoms with van der Waals surface area (Å²) in [4.78, 5) is 5.42. The molecule has 0 aromatic rings. The minimum atomic E-state index is 0.605. The minimum Gasteiger partial charge on any atom is -0.313 e. The molecule has 2 aliphatic heterocycles. The lowest BCUT2D eigenvalue weighted by Gasteiger charge is -2.33. The van der Waals surface area contributed by atoms with Gasteiger partial charge in [-0.3, -0.25) is 9.80 Å². The molecule has 2 fully saturated rings. The maximum absolute atomic E-state index is 3.56. The lowest BCUT2D eigenvalue weighted by atomic mass is 10.1. The molecule has 0 radical (unpaired) electrons. The first kappa shape index (κ1) is 14.3. The van der Waals surface area contributed by atoms with Crippen LogP contribution in [0.1, 0.15) is 46.5 Å². The lowest BCUT2D eigenvalue weighted by molar-refractivity contribution is 0.153. The summed E-state index contributed by atoms with van der Waals surface area (Å²) < 4.78 is 0. The number of piperidine rings is 1. The molecule has 0 amide bonds. The number of hydrogen-bond acceptors (Lipinski definition) is 3. The zero-order valence-electron chi connectivity index (χ0n) is 12.5. The first-order valence-corrected chi connectivity index (χ1v) is 7.88. The molecular weight excluding hydrogens is 222 g/mol. The number of hydrogen-bond donors (Lipinski definition) is 1. The van der Waals surface area contributed by atoms with E-state index < -0.39 is 0 Å². The van der Waals surface area contributed by atoms with Crippen molar-refractivity contribution < 1.29 is 0 Å². The summed E-state index contributed by atoms with van der Waals surface area (Å²) in [6.07, 6.45) is 5.66. The second kappa shape index (κ2) is 6.88. The highest BCUT2D eigenvalue weighted by atomic mass is 15.3. The van der Waals surface area contributed by atoms with E-state index >= 15 is 0 Å². The van der Waals surface area contributed by atoms with Crippen LogP contribution in [0.3, 0.4) is 0 Å². The van der Waals surface area contributed by atoms with Crippen molar-refractivity contribution in [2.45, 2.75) is 64.6 Å². The Balaban J connectivity index is 1.73. The summed E-state index contributed by atoms with van der Waals surface area (Å²) in [7, 11) is 0. The predicted octanol–water partition coefficient (Wildman–Crippen LogP) is 1.93. The molecule has 0 aromatic carbocycles. The zero-order valence-corrected chi connectivity index (χ0v) is 12.5. The Labute approximate surface area is 113 Å². The van der Waals surface area contributed by atoms with Gasteiger partial charge in [0, 0.05) is 37.8 Å². The van der Waals surface area contributed by atoms with E-state index in [-0.39, 0.29) is 0 Å². The standard InChI is InChI=1S/C15H31N3/c1-13(2)16-11-14(3)18-10-7-15(12-18)17-8-5-4-6-9-17/h13-16H,4-12H2,1-3H3. The van der Waals surface area contributed by atoms with Crippen molar-refractivity contribution in [2.75, 3.05) is 32.7 Å². The Morgan fingerprint density at radius 2 is 1.78 bits per heavy atom. The Morgan fingerprint density at radius 3 is 2.44 bits per heavy atom. The van der Waals surface area contributed by atoms with Crippen LogP contribution in [0.2, 0.25) is 0 Å². The third-order valence-corrected chi connectivity index (χ3v) is 4.55. The van der Waals surface area contributed by atoms with Crippen LogP contribution in [0.25, 0.3) is 0 Å². The first-order valence-electron chi connectivity index (χ1n) is 7.88. The second-order valence-electron chi connectivity index (χ2n) is 6.45. The van der Waals surface area contributed by atoms with Crippen LogP contribution in [-0.4, -0.2) is 60.6 Å². The van der Waals surface area contributed by atoms with E-state index in [4.69, 9.17) is 0 Å². The van der Waals surface area contributed by atoms with Crippen LogP contribution in [-0.2, 0) is 0 Å². The van der Waals surface area contributed by atoms with Gasteiger partial charge in [-0.25, -0.2) is 0 Å². The molecule has 2 rings (SSSR count). The third-order valence-electron chi connectivity index (χ3n) is 4.55. The average molecular weight is 253 g/mol. The molecule has 2 aliphatic rings. The molecule has 2 unspecified atom stereocenters. The molecule has 0 spiro atoms. The van der Waals surface area contributed by atoms with Crippen molar-refractivity contribution in [3.63, 3.8) is 0 Å². The van der Waals surface area contributed by atoms with Crippen molar-refractivity contribution in [1.29, 1.82) is 0 Å². The summed E-state index contributed by atoms with van der Waals surface area (Å²) in [5.41, 5.74) is 0. The highest BCUT2D eigenvalue weighted by Crippen LogP contribution is 2.21. The van der Waals surface area contributed by atoms with Gasteiger partial charge in [0.05, 0.1) is 0 Å². The van der Waals surface area contributed by atoms with E-state index in [1.807, 2.05) is 0 Å². The Bertz CT molecular complexity index is 236. The van der Waals surface area contributed by atoms with Crippen molar-refractivity contribution >= 4 is 0 Å². The van der Waals surface area contributed by atoms with Gasteiger partial charge in [0.25, 0.3) is 0 Å². The van der Waals surface area contributed by atoms with Gasteiger partial charge in [-0.15, -0.1) is 0 Å². The number of likely N-dealkylation sites (tertiary alicyclic amines) is 2. The van der Waals surface area contributed by atoms with E-state index in [1.165, 1.54) is 51.9 Å². The minimum absolute atomic E-state index is 0.605. The van der Waals surface area contributed by atoms with Crippen LogP contribution in [0.5, 0.6) is 0 Å². The fourth-order valence-corrected chi connectivity index (χ4v) is 3.29. The molecule has 2 heterocycles.